The molecular formula is C35H41F3N4O4S. The molecular weight excluding hydrogens is 629 g/mol. The van der Waals surface area contributed by atoms with Gasteiger partial charge in [-0.1, -0.05) is 49.4 Å². The number of carbonyl (C=O) groups is 1. The standard InChI is InChI=1S/C35H41F3N4O4S/c1-5-24-22-41(4)32-28(24)18-25(19-30(32)42-15-10-16-47(42,45)46)33(44)40-29(17-23-11-7-6-8-12-23)31(43)21-39-34(2,3)26-13-9-14-27(20-26)35(36,37)38/h6-9,11-14,18-20,22,29,31,39,43H,5,10,15-17,21H2,1-4H3,(H,40,44)/t29-,31+/m0/s1. The number of amides is 1. The molecule has 0 saturated carbocycles. The molecule has 0 unspecified atom stereocenters. The number of hydrogen-bond donors (Lipinski definition) is 3. The molecule has 1 aromatic heterocycles. The molecule has 2 heterocycles. The number of aliphatic hydroxyl groups is 1. The summed E-state index contributed by atoms with van der Waals surface area (Å²) in [5, 5.41) is 18.4. The number of fused-ring (bicyclic) bond motifs is 1. The van der Waals surface area contributed by atoms with Crippen LogP contribution in [-0.2, 0) is 41.6 Å². The third-order valence-corrected chi connectivity index (χ3v) is 10.7. The van der Waals surface area contributed by atoms with Crippen LogP contribution in [0.3, 0.4) is 0 Å². The van der Waals surface area contributed by atoms with Crippen molar-refractivity contribution in [3.8, 4) is 0 Å². The summed E-state index contributed by atoms with van der Waals surface area (Å²) in [5.74, 6) is -0.446. The van der Waals surface area contributed by atoms with Gasteiger partial charge in [-0.3, -0.25) is 9.10 Å². The Morgan fingerprint density at radius 2 is 1.72 bits per heavy atom. The van der Waals surface area contributed by atoms with Gasteiger partial charge in [-0.25, -0.2) is 8.42 Å². The van der Waals surface area contributed by atoms with Crippen molar-refractivity contribution in [1.82, 2.24) is 15.2 Å². The van der Waals surface area contributed by atoms with Crippen LogP contribution < -0.4 is 14.9 Å². The van der Waals surface area contributed by atoms with Gasteiger partial charge in [0.15, 0.2) is 0 Å². The van der Waals surface area contributed by atoms with Gasteiger partial charge in [-0.2, -0.15) is 13.2 Å². The molecule has 12 heteroatoms. The maximum atomic E-state index is 14.0. The Hall–Kier alpha value is -3.87. The van der Waals surface area contributed by atoms with E-state index in [2.05, 4.69) is 10.6 Å². The van der Waals surface area contributed by atoms with Gasteiger partial charge in [0.2, 0.25) is 10.0 Å². The number of anilines is 1. The molecule has 5 rings (SSSR count). The molecule has 0 radical (unpaired) electrons. The van der Waals surface area contributed by atoms with Gasteiger partial charge in [0.1, 0.15) is 0 Å². The number of carbonyl (C=O) groups excluding carboxylic acids is 1. The van der Waals surface area contributed by atoms with E-state index in [0.717, 1.165) is 34.2 Å². The van der Waals surface area contributed by atoms with E-state index in [0.29, 0.717) is 30.6 Å². The number of rotatable bonds is 11. The number of nitrogens with zero attached hydrogens (tertiary/aromatic N) is 2. The van der Waals surface area contributed by atoms with Crippen LogP contribution in [0.1, 0.15) is 59.8 Å². The van der Waals surface area contributed by atoms with Crippen LogP contribution in [0.5, 0.6) is 0 Å². The molecule has 0 spiro atoms. The van der Waals surface area contributed by atoms with Gasteiger partial charge in [-0.05, 0) is 74.1 Å². The Balaban J connectivity index is 1.44. The molecule has 1 amide bonds. The minimum Gasteiger partial charge on any atom is -0.390 e. The third kappa shape index (κ3) is 7.50. The Morgan fingerprint density at radius 3 is 2.36 bits per heavy atom. The summed E-state index contributed by atoms with van der Waals surface area (Å²) in [6.07, 6.45) is -2.23. The molecule has 252 valence electrons. The number of halogens is 3. The predicted octanol–water partition coefficient (Wildman–Crippen LogP) is 5.53. The second-order valence-corrected chi connectivity index (χ2v) is 14.7. The Bertz CT molecular complexity index is 1860. The second-order valence-electron chi connectivity index (χ2n) is 12.7. The van der Waals surface area contributed by atoms with E-state index in [-0.39, 0.29) is 24.3 Å². The van der Waals surface area contributed by atoms with Crippen molar-refractivity contribution >= 4 is 32.5 Å². The molecule has 1 fully saturated rings. The molecule has 2 atom stereocenters. The first kappa shape index (κ1) is 34.5. The van der Waals surface area contributed by atoms with E-state index in [9.17, 15) is 31.5 Å². The number of aryl methyl sites for hydroxylation is 2. The van der Waals surface area contributed by atoms with Crippen molar-refractivity contribution in [2.75, 3.05) is 23.1 Å². The Kier molecular flexibility index (Phi) is 9.77. The highest BCUT2D eigenvalue weighted by Crippen LogP contribution is 2.36. The van der Waals surface area contributed by atoms with Gasteiger partial charge in [0, 0.05) is 42.8 Å². The van der Waals surface area contributed by atoms with Crippen LogP contribution in [-0.4, -0.2) is 55.0 Å². The lowest BCUT2D eigenvalue weighted by atomic mass is 9.92. The highest BCUT2D eigenvalue weighted by molar-refractivity contribution is 7.93. The number of benzene rings is 3. The quantitative estimate of drug-likeness (QED) is 0.195. The molecule has 47 heavy (non-hydrogen) atoms. The number of aliphatic hydroxyl groups excluding tert-OH is 1. The van der Waals surface area contributed by atoms with Crippen LogP contribution in [0.2, 0.25) is 0 Å². The normalized spacial score (nSPS) is 16.4. The van der Waals surface area contributed by atoms with Crippen LogP contribution in [0.15, 0.2) is 72.9 Å². The second kappa shape index (κ2) is 13.3. The molecule has 8 nitrogen and oxygen atoms in total. The maximum absolute atomic E-state index is 14.0. The summed E-state index contributed by atoms with van der Waals surface area (Å²) >= 11 is 0. The zero-order chi connectivity index (χ0) is 34.1. The minimum atomic E-state index is -4.49. The minimum absolute atomic E-state index is 0.0317. The largest absolute Gasteiger partial charge is 0.416 e. The van der Waals surface area contributed by atoms with E-state index in [1.165, 1.54) is 10.4 Å². The zero-order valence-corrected chi connectivity index (χ0v) is 27.8. The Labute approximate surface area is 273 Å². The first-order valence-electron chi connectivity index (χ1n) is 15.7. The van der Waals surface area contributed by atoms with Crippen LogP contribution in [0.25, 0.3) is 10.9 Å². The SMILES string of the molecule is CCc1cn(C)c2c(N3CCCS3(=O)=O)cc(C(=O)N[C@@H](Cc3ccccc3)[C@H](O)CNC(C)(C)c3cccc(C(F)(F)F)c3)cc12. The number of alkyl halides is 3. The average molecular weight is 671 g/mol. The summed E-state index contributed by atoms with van der Waals surface area (Å²) < 4.78 is 69.4. The van der Waals surface area contributed by atoms with Crippen molar-refractivity contribution in [2.24, 2.45) is 7.05 Å². The van der Waals surface area contributed by atoms with Crippen molar-refractivity contribution in [2.45, 2.75) is 63.9 Å². The molecule has 4 aromatic rings. The lowest BCUT2D eigenvalue weighted by molar-refractivity contribution is -0.137. The molecule has 3 N–H and O–H groups in total. The van der Waals surface area contributed by atoms with Gasteiger partial charge in [0.25, 0.3) is 5.91 Å². The molecule has 1 aliphatic rings. The Morgan fingerprint density at radius 1 is 1.02 bits per heavy atom. The first-order chi connectivity index (χ1) is 22.1. The number of sulfonamides is 1. The molecule has 3 aromatic carbocycles. The fraction of sp³-hybridized carbons (Fsp3) is 0.400. The summed E-state index contributed by atoms with van der Waals surface area (Å²) in [7, 11) is -1.69. The molecule has 1 saturated heterocycles. The van der Waals surface area contributed by atoms with Gasteiger partial charge in [0.05, 0.1) is 34.7 Å². The van der Waals surface area contributed by atoms with Crippen molar-refractivity contribution in [3.05, 3.63) is 101 Å². The van der Waals surface area contributed by atoms with Gasteiger partial charge in [-0.15, -0.1) is 0 Å². The zero-order valence-electron chi connectivity index (χ0n) is 26.9. The molecule has 0 aliphatic carbocycles. The molecule has 0 bridgehead atoms. The van der Waals surface area contributed by atoms with Crippen LogP contribution in [0.4, 0.5) is 18.9 Å². The monoisotopic (exact) mass is 670 g/mol. The highest BCUT2D eigenvalue weighted by atomic mass is 32.2. The third-order valence-electron chi connectivity index (χ3n) is 8.89. The summed E-state index contributed by atoms with van der Waals surface area (Å²) in [6, 6.07) is 17.0. The summed E-state index contributed by atoms with van der Waals surface area (Å²) in [6.45, 7) is 5.74. The lowest BCUT2D eigenvalue weighted by Gasteiger charge is -2.32. The number of hydrogen-bond acceptors (Lipinski definition) is 5. The summed E-state index contributed by atoms with van der Waals surface area (Å²) in [4.78, 5) is 14.0. The van der Waals surface area contributed by atoms with Crippen LogP contribution >= 0.6 is 0 Å². The lowest BCUT2D eigenvalue weighted by Crippen LogP contribution is -2.51. The fourth-order valence-electron chi connectivity index (χ4n) is 6.21. The van der Waals surface area contributed by atoms with E-state index in [4.69, 9.17) is 0 Å². The smallest absolute Gasteiger partial charge is 0.390 e. The van der Waals surface area contributed by atoms with E-state index in [1.807, 2.05) is 55.1 Å². The van der Waals surface area contributed by atoms with Crippen molar-refractivity contribution in [1.29, 1.82) is 0 Å². The van der Waals surface area contributed by atoms with E-state index in [1.54, 1.807) is 32.0 Å². The van der Waals surface area contributed by atoms with Gasteiger partial charge < -0.3 is 20.3 Å². The van der Waals surface area contributed by atoms with Crippen molar-refractivity contribution in [3.63, 3.8) is 0 Å². The number of aromatic nitrogens is 1. The van der Waals surface area contributed by atoms with Crippen LogP contribution in [0, 0.1) is 0 Å². The maximum Gasteiger partial charge on any atom is 0.416 e. The molecule has 1 aliphatic heterocycles. The first-order valence-corrected chi connectivity index (χ1v) is 17.3. The van der Waals surface area contributed by atoms with Crippen molar-refractivity contribution < 1.29 is 31.5 Å². The summed E-state index contributed by atoms with van der Waals surface area (Å²) in [5.41, 5.74) is 1.97. The highest BCUT2D eigenvalue weighted by Gasteiger charge is 2.34. The van der Waals surface area contributed by atoms with E-state index < -0.39 is 45.4 Å². The predicted molar refractivity (Wildman–Crippen MR) is 178 cm³/mol. The number of nitrogens with one attached hydrogen (secondary N) is 2. The van der Waals surface area contributed by atoms with E-state index >= 15 is 0 Å². The fourth-order valence-corrected chi connectivity index (χ4v) is 7.77. The van der Waals surface area contributed by atoms with Gasteiger partial charge >= 0.3 is 6.18 Å². The topological polar surface area (TPSA) is 104 Å². The average Bonchev–Trinajstić information content (AvgIpc) is 3.56.